The maximum absolute atomic E-state index is 6.07. The molecule has 0 aromatic carbocycles. The number of nitrogens with zero attached hydrogens (tertiary/aromatic N) is 1. The van der Waals surface area contributed by atoms with Crippen molar-refractivity contribution in [3.05, 3.63) is 0 Å². The Labute approximate surface area is 68.7 Å². The van der Waals surface area contributed by atoms with Gasteiger partial charge in [0.2, 0.25) is 0 Å². The number of likely N-dealkylation sites (tertiary alicyclic amines) is 1. The topological polar surface area (TPSA) is 29.3 Å². The molecule has 0 aromatic heterocycles. The average Bonchev–Trinajstić information content (AvgIpc) is 2.46. The number of fused-ring (bicyclic) bond motifs is 2. The Morgan fingerprint density at radius 3 is 2.36 bits per heavy atom. The lowest BCUT2D eigenvalue weighted by Gasteiger charge is -2.30. The number of nitrogens with two attached hydrogens (primary N) is 1. The highest BCUT2D eigenvalue weighted by Crippen LogP contribution is 2.37. The lowest BCUT2D eigenvalue weighted by atomic mass is 10.1. The van der Waals surface area contributed by atoms with Crippen molar-refractivity contribution in [2.24, 2.45) is 11.7 Å². The monoisotopic (exact) mass is 154 g/mol. The first-order chi connectivity index (χ1) is 5.20. The molecule has 1 aliphatic carbocycles. The van der Waals surface area contributed by atoms with Gasteiger partial charge < -0.3 is 5.73 Å². The van der Waals surface area contributed by atoms with Gasteiger partial charge in [-0.1, -0.05) is 0 Å². The highest BCUT2D eigenvalue weighted by Gasteiger charge is 2.45. The molecule has 1 saturated carbocycles. The van der Waals surface area contributed by atoms with Crippen LogP contribution in [0.3, 0.4) is 0 Å². The van der Waals surface area contributed by atoms with E-state index in [4.69, 9.17) is 5.73 Å². The van der Waals surface area contributed by atoms with Gasteiger partial charge in [0.1, 0.15) is 0 Å². The van der Waals surface area contributed by atoms with E-state index < -0.39 is 0 Å². The van der Waals surface area contributed by atoms with E-state index in [-0.39, 0.29) is 0 Å². The van der Waals surface area contributed by atoms with E-state index in [2.05, 4.69) is 18.7 Å². The highest BCUT2D eigenvalue weighted by molar-refractivity contribution is 5.02. The maximum atomic E-state index is 6.07. The summed E-state index contributed by atoms with van der Waals surface area (Å²) in [4.78, 5) is 2.57. The zero-order chi connectivity index (χ0) is 8.01. The van der Waals surface area contributed by atoms with Gasteiger partial charge in [0.05, 0.1) is 0 Å². The summed E-state index contributed by atoms with van der Waals surface area (Å²) in [5, 5.41) is 0. The van der Waals surface area contributed by atoms with Crippen LogP contribution in [0.2, 0.25) is 0 Å². The number of piperidine rings is 1. The SMILES string of the molecule is CC(C)N1C[C@@H]2CC[C@H]1[C@H]2N. The lowest BCUT2D eigenvalue weighted by molar-refractivity contribution is 0.168. The third-order valence-electron chi connectivity index (χ3n) is 3.36. The predicted molar refractivity (Wildman–Crippen MR) is 46.3 cm³/mol. The van der Waals surface area contributed by atoms with Crippen LogP contribution in [0.1, 0.15) is 26.7 Å². The molecular formula is C9H18N2. The third kappa shape index (κ3) is 1.00. The molecule has 11 heavy (non-hydrogen) atoms. The highest BCUT2D eigenvalue weighted by atomic mass is 15.2. The number of hydrogen-bond donors (Lipinski definition) is 1. The van der Waals surface area contributed by atoms with Crippen molar-refractivity contribution >= 4 is 0 Å². The van der Waals surface area contributed by atoms with E-state index in [0.29, 0.717) is 18.1 Å². The van der Waals surface area contributed by atoms with Gasteiger partial charge in [-0.05, 0) is 32.6 Å². The summed E-state index contributed by atoms with van der Waals surface area (Å²) in [5.74, 6) is 0.808. The van der Waals surface area contributed by atoms with Gasteiger partial charge in [0, 0.05) is 24.7 Å². The van der Waals surface area contributed by atoms with E-state index in [1.54, 1.807) is 0 Å². The standard InChI is InChI=1S/C9H18N2/c1-6(2)11-5-7-3-4-8(11)9(7)10/h6-9H,3-5,10H2,1-2H3/t7-,8-,9-/m0/s1. The summed E-state index contributed by atoms with van der Waals surface area (Å²) >= 11 is 0. The Balaban J connectivity index is 2.09. The first-order valence-corrected chi connectivity index (χ1v) is 4.71. The largest absolute Gasteiger partial charge is 0.326 e. The van der Waals surface area contributed by atoms with Crippen LogP contribution in [0.25, 0.3) is 0 Å². The van der Waals surface area contributed by atoms with Crippen LogP contribution in [0.15, 0.2) is 0 Å². The molecule has 0 unspecified atom stereocenters. The Morgan fingerprint density at radius 1 is 1.36 bits per heavy atom. The molecule has 0 amide bonds. The van der Waals surface area contributed by atoms with Crippen LogP contribution in [-0.2, 0) is 0 Å². The van der Waals surface area contributed by atoms with Crippen molar-refractivity contribution in [2.45, 2.75) is 44.8 Å². The molecule has 2 bridgehead atoms. The molecule has 2 nitrogen and oxygen atoms in total. The molecule has 2 rings (SSSR count). The van der Waals surface area contributed by atoms with Crippen LogP contribution >= 0.6 is 0 Å². The predicted octanol–water partition coefficient (Wildman–Crippen LogP) is 0.816. The van der Waals surface area contributed by atoms with E-state index in [9.17, 15) is 0 Å². The summed E-state index contributed by atoms with van der Waals surface area (Å²) in [6.07, 6.45) is 2.71. The van der Waals surface area contributed by atoms with Gasteiger partial charge in [-0.3, -0.25) is 4.90 Å². The second-order valence-electron chi connectivity index (χ2n) is 4.27. The molecule has 1 saturated heterocycles. The Hall–Kier alpha value is -0.0800. The van der Waals surface area contributed by atoms with Crippen molar-refractivity contribution in [1.29, 1.82) is 0 Å². The first-order valence-electron chi connectivity index (χ1n) is 4.71. The molecular weight excluding hydrogens is 136 g/mol. The van der Waals surface area contributed by atoms with E-state index in [1.165, 1.54) is 19.4 Å². The minimum atomic E-state index is 0.484. The van der Waals surface area contributed by atoms with Crippen LogP contribution < -0.4 is 5.73 Å². The van der Waals surface area contributed by atoms with Crippen LogP contribution in [0, 0.1) is 5.92 Å². The quantitative estimate of drug-likeness (QED) is 0.606. The Kier molecular flexibility index (Phi) is 1.69. The summed E-state index contributed by atoms with van der Waals surface area (Å²) in [6, 6.07) is 1.88. The normalized spacial score (nSPS) is 44.2. The second kappa shape index (κ2) is 2.46. The van der Waals surface area contributed by atoms with Crippen molar-refractivity contribution in [3.8, 4) is 0 Å². The van der Waals surface area contributed by atoms with E-state index in [0.717, 1.165) is 5.92 Å². The summed E-state index contributed by atoms with van der Waals surface area (Å²) in [7, 11) is 0. The molecule has 2 heteroatoms. The van der Waals surface area contributed by atoms with E-state index in [1.807, 2.05) is 0 Å². The molecule has 1 aliphatic heterocycles. The fourth-order valence-corrected chi connectivity index (χ4v) is 2.68. The van der Waals surface area contributed by atoms with Crippen LogP contribution in [-0.4, -0.2) is 29.6 Å². The van der Waals surface area contributed by atoms with Gasteiger partial charge in [0.15, 0.2) is 0 Å². The fourth-order valence-electron chi connectivity index (χ4n) is 2.68. The number of hydrogen-bond acceptors (Lipinski definition) is 2. The van der Waals surface area contributed by atoms with Crippen LogP contribution in [0.4, 0.5) is 0 Å². The molecule has 2 N–H and O–H groups in total. The minimum Gasteiger partial charge on any atom is -0.326 e. The second-order valence-corrected chi connectivity index (χ2v) is 4.27. The van der Waals surface area contributed by atoms with Crippen molar-refractivity contribution < 1.29 is 0 Å². The molecule has 64 valence electrons. The third-order valence-corrected chi connectivity index (χ3v) is 3.36. The zero-order valence-corrected chi connectivity index (χ0v) is 7.46. The smallest absolute Gasteiger partial charge is 0.0253 e. The fraction of sp³-hybridized carbons (Fsp3) is 1.00. The van der Waals surface area contributed by atoms with Gasteiger partial charge in [-0.2, -0.15) is 0 Å². The molecule has 2 aliphatic rings. The average molecular weight is 154 g/mol. The van der Waals surface area contributed by atoms with Crippen molar-refractivity contribution in [1.82, 2.24) is 4.90 Å². The maximum Gasteiger partial charge on any atom is 0.0253 e. The molecule has 0 radical (unpaired) electrons. The summed E-state index contributed by atoms with van der Waals surface area (Å²) in [5.41, 5.74) is 6.07. The van der Waals surface area contributed by atoms with Gasteiger partial charge in [-0.25, -0.2) is 0 Å². The van der Waals surface area contributed by atoms with Gasteiger partial charge >= 0.3 is 0 Å². The van der Waals surface area contributed by atoms with Crippen molar-refractivity contribution in [2.75, 3.05) is 6.54 Å². The molecule has 3 atom stereocenters. The first kappa shape index (κ1) is 7.56. The van der Waals surface area contributed by atoms with Gasteiger partial charge in [-0.15, -0.1) is 0 Å². The Morgan fingerprint density at radius 2 is 2.09 bits per heavy atom. The molecule has 1 heterocycles. The van der Waals surface area contributed by atoms with E-state index >= 15 is 0 Å². The molecule has 2 fully saturated rings. The minimum absolute atomic E-state index is 0.484. The summed E-state index contributed by atoms with van der Waals surface area (Å²) in [6.45, 7) is 5.80. The Bertz CT molecular complexity index is 156. The van der Waals surface area contributed by atoms with Crippen LogP contribution in [0.5, 0.6) is 0 Å². The van der Waals surface area contributed by atoms with Crippen molar-refractivity contribution in [3.63, 3.8) is 0 Å². The zero-order valence-electron chi connectivity index (χ0n) is 7.46. The lowest BCUT2D eigenvalue weighted by Crippen LogP contribution is -2.41. The molecule has 0 aromatic rings. The molecule has 0 spiro atoms. The van der Waals surface area contributed by atoms with Gasteiger partial charge in [0.25, 0.3) is 0 Å². The number of rotatable bonds is 1. The summed E-state index contributed by atoms with van der Waals surface area (Å²) < 4.78 is 0.